The van der Waals surface area contributed by atoms with Crippen molar-refractivity contribution in [2.45, 2.75) is 12.8 Å². The molecule has 1 aromatic rings. The van der Waals surface area contributed by atoms with Crippen LogP contribution in [0.3, 0.4) is 0 Å². The molecule has 1 rings (SSSR count). The number of rotatable bonds is 2. The van der Waals surface area contributed by atoms with Crippen molar-refractivity contribution in [3.05, 3.63) is 17.8 Å². The summed E-state index contributed by atoms with van der Waals surface area (Å²) < 4.78 is 0. The molecule has 0 aromatic carbocycles. The van der Waals surface area contributed by atoms with Crippen molar-refractivity contribution >= 4 is 11.8 Å². The van der Waals surface area contributed by atoms with Crippen LogP contribution in [0.5, 0.6) is 5.75 Å². The molecule has 0 spiro atoms. The first-order chi connectivity index (χ1) is 6.04. The van der Waals surface area contributed by atoms with E-state index in [4.69, 9.17) is 10.8 Å². The number of hydrogen-bond acceptors (Lipinski definition) is 4. The third-order valence-electron chi connectivity index (χ3n) is 1.82. The predicted molar refractivity (Wildman–Crippen MR) is 46.4 cm³/mol. The first kappa shape index (κ1) is 9.31. The van der Waals surface area contributed by atoms with Gasteiger partial charge < -0.3 is 15.9 Å². The number of carboxylic acid groups (broad SMARTS) is 1. The molecule has 0 fully saturated rings. The van der Waals surface area contributed by atoms with Crippen LogP contribution in [0.2, 0.25) is 0 Å². The summed E-state index contributed by atoms with van der Waals surface area (Å²) in [6.45, 7) is 1.47. The average Bonchev–Trinajstić information content (AvgIpc) is 2.08. The first-order valence-electron chi connectivity index (χ1n) is 3.70. The van der Waals surface area contributed by atoms with Crippen molar-refractivity contribution in [3.63, 3.8) is 0 Å². The second-order valence-electron chi connectivity index (χ2n) is 2.69. The molecule has 0 aliphatic heterocycles. The maximum absolute atomic E-state index is 10.6. The highest BCUT2D eigenvalue weighted by molar-refractivity contribution is 5.77. The molecule has 0 saturated carbocycles. The van der Waals surface area contributed by atoms with E-state index in [1.54, 1.807) is 0 Å². The lowest BCUT2D eigenvalue weighted by Crippen LogP contribution is -2.08. The fraction of sp³-hybridized carbons (Fsp3) is 0.250. The van der Waals surface area contributed by atoms with E-state index in [1.807, 2.05) is 0 Å². The Morgan fingerprint density at radius 1 is 1.69 bits per heavy atom. The SMILES string of the molecule is CC(C(=O)O)c1ccnc(N)c1O. The van der Waals surface area contributed by atoms with Crippen LogP contribution >= 0.6 is 0 Å². The molecule has 0 radical (unpaired) electrons. The molecule has 0 aliphatic rings. The van der Waals surface area contributed by atoms with E-state index in [0.29, 0.717) is 0 Å². The minimum Gasteiger partial charge on any atom is -0.504 e. The number of hydrogen-bond donors (Lipinski definition) is 3. The maximum atomic E-state index is 10.6. The average molecular weight is 182 g/mol. The van der Waals surface area contributed by atoms with Gasteiger partial charge in [0.2, 0.25) is 0 Å². The third kappa shape index (κ3) is 1.69. The minimum atomic E-state index is -1.01. The summed E-state index contributed by atoms with van der Waals surface area (Å²) in [5.74, 6) is -2.10. The Balaban J connectivity index is 3.15. The summed E-state index contributed by atoms with van der Waals surface area (Å²) in [7, 11) is 0. The Hall–Kier alpha value is -1.78. The Morgan fingerprint density at radius 3 is 2.85 bits per heavy atom. The molecule has 0 amide bonds. The number of pyridine rings is 1. The van der Waals surface area contributed by atoms with Crippen LogP contribution in [-0.4, -0.2) is 21.2 Å². The lowest BCUT2D eigenvalue weighted by molar-refractivity contribution is -0.138. The van der Waals surface area contributed by atoms with Gasteiger partial charge in [-0.15, -0.1) is 0 Å². The molecule has 1 unspecified atom stereocenters. The van der Waals surface area contributed by atoms with E-state index >= 15 is 0 Å². The molecule has 1 heterocycles. The van der Waals surface area contributed by atoms with Crippen LogP contribution in [0, 0.1) is 0 Å². The van der Waals surface area contributed by atoms with Crippen LogP contribution in [0.25, 0.3) is 0 Å². The largest absolute Gasteiger partial charge is 0.504 e. The van der Waals surface area contributed by atoms with Gasteiger partial charge in [0.1, 0.15) is 0 Å². The summed E-state index contributed by atoms with van der Waals surface area (Å²) in [6, 6.07) is 1.44. The van der Waals surface area contributed by atoms with E-state index in [-0.39, 0.29) is 17.1 Å². The number of aromatic nitrogens is 1. The molecule has 5 nitrogen and oxygen atoms in total. The lowest BCUT2D eigenvalue weighted by Gasteiger charge is -2.09. The normalized spacial score (nSPS) is 12.4. The van der Waals surface area contributed by atoms with Gasteiger partial charge in [0.25, 0.3) is 0 Å². The Labute approximate surface area is 74.8 Å². The summed E-state index contributed by atoms with van der Waals surface area (Å²) in [4.78, 5) is 14.2. The third-order valence-corrected chi connectivity index (χ3v) is 1.82. The summed E-state index contributed by atoms with van der Waals surface area (Å²) in [6.07, 6.45) is 1.36. The van der Waals surface area contributed by atoms with Gasteiger partial charge in [-0.05, 0) is 13.0 Å². The van der Waals surface area contributed by atoms with Crippen molar-refractivity contribution in [1.29, 1.82) is 0 Å². The van der Waals surface area contributed by atoms with Gasteiger partial charge in [-0.25, -0.2) is 4.98 Å². The summed E-state index contributed by atoms with van der Waals surface area (Å²) >= 11 is 0. The van der Waals surface area contributed by atoms with Crippen molar-refractivity contribution in [2.24, 2.45) is 0 Å². The number of nitrogens with two attached hydrogens (primary N) is 1. The molecule has 4 N–H and O–H groups in total. The summed E-state index contributed by atoms with van der Waals surface area (Å²) in [5, 5.41) is 18.0. The predicted octanol–water partition coefficient (Wildman–Crippen LogP) is 0.557. The number of aromatic hydroxyl groups is 1. The molecule has 1 aromatic heterocycles. The fourth-order valence-electron chi connectivity index (χ4n) is 0.968. The molecule has 0 saturated heterocycles. The van der Waals surface area contributed by atoms with E-state index in [9.17, 15) is 9.90 Å². The zero-order valence-electron chi connectivity index (χ0n) is 7.06. The highest BCUT2D eigenvalue weighted by atomic mass is 16.4. The van der Waals surface area contributed by atoms with E-state index in [0.717, 1.165) is 0 Å². The zero-order chi connectivity index (χ0) is 10.0. The number of carboxylic acids is 1. The Morgan fingerprint density at radius 2 is 2.31 bits per heavy atom. The quantitative estimate of drug-likeness (QED) is 0.620. The molecule has 0 aliphatic carbocycles. The number of nitrogens with zero attached hydrogens (tertiary/aromatic N) is 1. The van der Waals surface area contributed by atoms with Crippen molar-refractivity contribution in [1.82, 2.24) is 4.98 Å². The second-order valence-corrected chi connectivity index (χ2v) is 2.69. The van der Waals surface area contributed by atoms with Gasteiger partial charge in [-0.1, -0.05) is 0 Å². The van der Waals surface area contributed by atoms with Gasteiger partial charge in [0.15, 0.2) is 11.6 Å². The Kier molecular flexibility index (Phi) is 2.36. The van der Waals surface area contributed by atoms with Crippen molar-refractivity contribution in [2.75, 3.05) is 5.73 Å². The molecule has 1 atom stereocenters. The minimum absolute atomic E-state index is 0.0504. The van der Waals surface area contributed by atoms with Crippen LogP contribution in [-0.2, 0) is 4.79 Å². The number of carbonyl (C=O) groups is 1. The fourth-order valence-corrected chi connectivity index (χ4v) is 0.968. The van der Waals surface area contributed by atoms with Crippen LogP contribution in [0.4, 0.5) is 5.82 Å². The highest BCUT2D eigenvalue weighted by Crippen LogP contribution is 2.28. The molecular formula is C8H10N2O3. The summed E-state index contributed by atoms with van der Waals surface area (Å²) in [5.41, 5.74) is 5.58. The standard InChI is InChI=1S/C8H10N2O3/c1-4(8(12)13)5-2-3-10-7(9)6(5)11/h2-4,11H,1H3,(H2,9,10)(H,12,13). The van der Waals surface area contributed by atoms with Crippen LogP contribution in [0.1, 0.15) is 18.4 Å². The smallest absolute Gasteiger partial charge is 0.310 e. The van der Waals surface area contributed by atoms with Gasteiger partial charge in [0.05, 0.1) is 5.92 Å². The number of nitrogen functional groups attached to an aromatic ring is 1. The molecule has 0 bridgehead atoms. The van der Waals surface area contributed by atoms with E-state index in [1.165, 1.54) is 19.2 Å². The van der Waals surface area contributed by atoms with Gasteiger partial charge >= 0.3 is 5.97 Å². The van der Waals surface area contributed by atoms with Crippen molar-refractivity contribution in [3.8, 4) is 5.75 Å². The monoisotopic (exact) mass is 182 g/mol. The Bertz CT molecular complexity index is 338. The first-order valence-corrected chi connectivity index (χ1v) is 3.70. The van der Waals surface area contributed by atoms with Crippen LogP contribution in [0.15, 0.2) is 12.3 Å². The maximum Gasteiger partial charge on any atom is 0.310 e. The zero-order valence-corrected chi connectivity index (χ0v) is 7.06. The topological polar surface area (TPSA) is 96.4 Å². The molecule has 13 heavy (non-hydrogen) atoms. The molecule has 70 valence electrons. The highest BCUT2D eigenvalue weighted by Gasteiger charge is 2.18. The van der Waals surface area contributed by atoms with E-state index < -0.39 is 11.9 Å². The van der Waals surface area contributed by atoms with Gasteiger partial charge in [0, 0.05) is 11.8 Å². The second kappa shape index (κ2) is 3.30. The lowest BCUT2D eigenvalue weighted by atomic mass is 10.0. The van der Waals surface area contributed by atoms with E-state index in [2.05, 4.69) is 4.98 Å². The molecular weight excluding hydrogens is 172 g/mol. The van der Waals surface area contributed by atoms with Gasteiger partial charge in [-0.2, -0.15) is 0 Å². The molecule has 5 heteroatoms. The van der Waals surface area contributed by atoms with Crippen LogP contribution < -0.4 is 5.73 Å². The van der Waals surface area contributed by atoms with Gasteiger partial charge in [-0.3, -0.25) is 4.79 Å². The number of aliphatic carboxylic acids is 1. The van der Waals surface area contributed by atoms with Crippen molar-refractivity contribution < 1.29 is 15.0 Å². The number of anilines is 1.